The van der Waals surface area contributed by atoms with Gasteiger partial charge >= 0.3 is 0 Å². The van der Waals surface area contributed by atoms with Crippen LogP contribution in [0.4, 0.5) is 0 Å². The molecule has 10 rings (SSSR count). The lowest BCUT2D eigenvalue weighted by Gasteiger charge is -2.34. The zero-order valence-corrected chi connectivity index (χ0v) is 30.1. The molecule has 0 spiro atoms. The number of fused-ring (bicyclic) bond motifs is 2. The molecule has 2 atom stereocenters. The lowest BCUT2D eigenvalue weighted by atomic mass is 9.91. The molecule has 0 saturated heterocycles. The Morgan fingerprint density at radius 1 is 0.357 bits per heavy atom. The number of hydrogen-bond donors (Lipinski definition) is 0. The smallest absolute Gasteiger partial charge is 0.170 e. The highest BCUT2D eigenvalue weighted by molar-refractivity contribution is 5.88. The third-order valence-electron chi connectivity index (χ3n) is 10.0. The number of benzene rings is 5. The number of pyridine rings is 2. The molecule has 0 bridgehead atoms. The number of allylic oxidation sites excluding steroid dienone is 2. The van der Waals surface area contributed by atoms with Gasteiger partial charge in [-0.1, -0.05) is 109 Å². The molecule has 2 unspecified atom stereocenters. The second kappa shape index (κ2) is 14.4. The first kappa shape index (κ1) is 33.1. The maximum Gasteiger partial charge on any atom is 0.170 e. The zero-order valence-electron chi connectivity index (χ0n) is 30.1. The number of aromatic nitrogens is 5. The Balaban J connectivity index is 1.08. The molecular formula is C49H33N5O2. The molecule has 0 saturated carbocycles. The summed E-state index contributed by atoms with van der Waals surface area (Å²) in [6.45, 7) is 0. The van der Waals surface area contributed by atoms with Gasteiger partial charge in [-0.25, -0.2) is 15.0 Å². The minimum atomic E-state index is -0.260. The van der Waals surface area contributed by atoms with Crippen molar-refractivity contribution in [3.63, 3.8) is 0 Å². The van der Waals surface area contributed by atoms with Crippen molar-refractivity contribution in [2.75, 3.05) is 0 Å². The van der Waals surface area contributed by atoms with E-state index >= 15 is 0 Å². The maximum absolute atomic E-state index is 6.86. The standard InChI is InChI=1S/C49H33N5O2/c1-3-11-33(12-4-1)47-52-48(34-13-5-2-6-14-34)54-49(53-47)35-21-19-32(20-22-35)41-23-24-42(46-45(41)55-43-17-7-8-18-44(43)56-46)40-28-38(36-15-9-25-50-30-36)27-39(29-40)37-16-10-26-51-31-37/h1-31,43-44H. The second-order valence-corrected chi connectivity index (χ2v) is 13.7. The van der Waals surface area contributed by atoms with Crippen LogP contribution in [0.3, 0.4) is 0 Å². The number of hydrogen-bond acceptors (Lipinski definition) is 7. The first-order valence-corrected chi connectivity index (χ1v) is 18.5. The molecule has 0 N–H and O–H groups in total. The summed E-state index contributed by atoms with van der Waals surface area (Å²) in [5.74, 6) is 3.24. The fourth-order valence-electron chi connectivity index (χ4n) is 7.22. The molecule has 266 valence electrons. The summed E-state index contributed by atoms with van der Waals surface area (Å²) < 4.78 is 13.7. The third kappa shape index (κ3) is 6.41. The van der Waals surface area contributed by atoms with Crippen LogP contribution in [0.15, 0.2) is 189 Å². The van der Waals surface area contributed by atoms with E-state index in [1.807, 2.05) is 109 Å². The fraction of sp³-hybridized carbons (Fsp3) is 0.0408. The highest BCUT2D eigenvalue weighted by Crippen LogP contribution is 2.50. The molecular weight excluding hydrogens is 691 g/mol. The molecule has 7 nitrogen and oxygen atoms in total. The zero-order chi connectivity index (χ0) is 37.3. The van der Waals surface area contributed by atoms with Gasteiger partial charge in [0.1, 0.15) is 0 Å². The van der Waals surface area contributed by atoms with Crippen LogP contribution in [0.5, 0.6) is 11.5 Å². The molecule has 1 aliphatic heterocycles. The van der Waals surface area contributed by atoms with Crippen LogP contribution in [0, 0.1) is 0 Å². The van der Waals surface area contributed by atoms with E-state index in [-0.39, 0.29) is 12.2 Å². The average molecular weight is 724 g/mol. The van der Waals surface area contributed by atoms with Crippen molar-refractivity contribution < 1.29 is 9.47 Å². The Kier molecular flexibility index (Phi) is 8.50. The highest BCUT2D eigenvalue weighted by Gasteiger charge is 2.33. The van der Waals surface area contributed by atoms with E-state index in [1.54, 1.807) is 12.4 Å². The lowest BCUT2D eigenvalue weighted by Crippen LogP contribution is -2.38. The van der Waals surface area contributed by atoms with E-state index in [0.29, 0.717) is 29.0 Å². The van der Waals surface area contributed by atoms with Crippen LogP contribution in [-0.2, 0) is 0 Å². The molecule has 0 fully saturated rings. The van der Waals surface area contributed by atoms with Crippen molar-refractivity contribution >= 4 is 0 Å². The maximum atomic E-state index is 6.86. The van der Waals surface area contributed by atoms with E-state index in [2.05, 4.69) is 76.7 Å². The van der Waals surface area contributed by atoms with Crippen LogP contribution in [0.2, 0.25) is 0 Å². The van der Waals surface area contributed by atoms with Gasteiger partial charge in [0.25, 0.3) is 0 Å². The van der Waals surface area contributed by atoms with Crippen molar-refractivity contribution in [2.24, 2.45) is 0 Å². The predicted molar refractivity (Wildman–Crippen MR) is 221 cm³/mol. The average Bonchev–Trinajstić information content (AvgIpc) is 3.29. The van der Waals surface area contributed by atoms with Gasteiger partial charge < -0.3 is 9.47 Å². The molecule has 56 heavy (non-hydrogen) atoms. The minimum absolute atomic E-state index is 0.258. The Hall–Kier alpha value is -7.51. The molecule has 5 aromatic carbocycles. The van der Waals surface area contributed by atoms with E-state index in [4.69, 9.17) is 24.4 Å². The summed E-state index contributed by atoms with van der Waals surface area (Å²) in [4.78, 5) is 23.5. The SMILES string of the molecule is C1=CC2Oc3c(-c4ccc(-c5nc(-c6ccccc6)nc(-c6ccccc6)n5)cc4)ccc(-c4cc(-c5cccnc5)cc(-c5cccnc5)c4)c3OC2C=C1. The van der Waals surface area contributed by atoms with Crippen molar-refractivity contribution in [2.45, 2.75) is 12.2 Å². The normalized spacial score (nSPS) is 15.3. The molecule has 3 aromatic heterocycles. The summed E-state index contributed by atoms with van der Waals surface area (Å²) in [6, 6.07) is 47.2. The molecule has 0 amide bonds. The Morgan fingerprint density at radius 2 is 0.768 bits per heavy atom. The van der Waals surface area contributed by atoms with E-state index in [9.17, 15) is 0 Å². The topological polar surface area (TPSA) is 82.9 Å². The summed E-state index contributed by atoms with van der Waals surface area (Å²) in [5, 5.41) is 0. The Labute approximate surface area is 324 Å². The van der Waals surface area contributed by atoms with Gasteiger partial charge in [0.2, 0.25) is 0 Å². The van der Waals surface area contributed by atoms with Gasteiger partial charge in [-0.15, -0.1) is 0 Å². The monoisotopic (exact) mass is 723 g/mol. The van der Waals surface area contributed by atoms with E-state index in [0.717, 1.165) is 61.2 Å². The van der Waals surface area contributed by atoms with Crippen LogP contribution in [0.1, 0.15) is 0 Å². The van der Waals surface area contributed by atoms with Crippen LogP contribution >= 0.6 is 0 Å². The Morgan fingerprint density at radius 3 is 1.23 bits per heavy atom. The molecule has 0 radical (unpaired) electrons. The first-order chi connectivity index (χ1) is 27.7. The van der Waals surface area contributed by atoms with Crippen LogP contribution in [-0.4, -0.2) is 37.1 Å². The molecule has 4 heterocycles. The van der Waals surface area contributed by atoms with Crippen LogP contribution < -0.4 is 9.47 Å². The van der Waals surface area contributed by atoms with Gasteiger partial charge in [-0.05, 0) is 76.9 Å². The fourth-order valence-corrected chi connectivity index (χ4v) is 7.22. The van der Waals surface area contributed by atoms with Crippen molar-refractivity contribution in [3.8, 4) is 90.2 Å². The Bertz CT molecular complexity index is 2620. The van der Waals surface area contributed by atoms with Crippen molar-refractivity contribution in [1.29, 1.82) is 0 Å². The summed E-state index contributed by atoms with van der Waals surface area (Å²) in [5.41, 5.74) is 10.7. The second-order valence-electron chi connectivity index (χ2n) is 13.7. The minimum Gasteiger partial charge on any atom is -0.478 e. The van der Waals surface area contributed by atoms with Gasteiger partial charge in [-0.2, -0.15) is 0 Å². The van der Waals surface area contributed by atoms with Crippen molar-refractivity contribution in [1.82, 2.24) is 24.9 Å². The number of ether oxygens (including phenoxy) is 2. The molecule has 7 heteroatoms. The van der Waals surface area contributed by atoms with Gasteiger partial charge in [0.05, 0.1) is 0 Å². The van der Waals surface area contributed by atoms with Gasteiger partial charge in [0.15, 0.2) is 41.2 Å². The first-order valence-electron chi connectivity index (χ1n) is 18.5. The highest BCUT2D eigenvalue weighted by atomic mass is 16.6. The quantitative estimate of drug-likeness (QED) is 0.162. The third-order valence-corrected chi connectivity index (χ3v) is 10.0. The van der Waals surface area contributed by atoms with Gasteiger partial charge in [0, 0.05) is 63.7 Å². The van der Waals surface area contributed by atoms with E-state index in [1.165, 1.54) is 0 Å². The van der Waals surface area contributed by atoms with Gasteiger partial charge in [-0.3, -0.25) is 9.97 Å². The predicted octanol–water partition coefficient (Wildman–Crippen LogP) is 11.0. The molecule has 2 aliphatic rings. The molecule has 1 aliphatic carbocycles. The summed E-state index contributed by atoms with van der Waals surface area (Å²) in [7, 11) is 0. The van der Waals surface area contributed by atoms with Crippen LogP contribution in [0.25, 0.3) is 78.7 Å². The van der Waals surface area contributed by atoms with E-state index < -0.39 is 0 Å². The number of rotatable bonds is 7. The summed E-state index contributed by atoms with van der Waals surface area (Å²) in [6.07, 6.45) is 15.0. The largest absolute Gasteiger partial charge is 0.478 e. The van der Waals surface area contributed by atoms with Crippen molar-refractivity contribution in [3.05, 3.63) is 189 Å². The molecule has 8 aromatic rings. The number of nitrogens with zero attached hydrogens (tertiary/aromatic N) is 5. The summed E-state index contributed by atoms with van der Waals surface area (Å²) >= 11 is 0. The lowest BCUT2D eigenvalue weighted by molar-refractivity contribution is 0.0769.